The highest BCUT2D eigenvalue weighted by molar-refractivity contribution is 5.90. The molecule has 0 spiro atoms. The predicted octanol–water partition coefficient (Wildman–Crippen LogP) is 1.99. The molecule has 0 radical (unpaired) electrons. The molecule has 9 heteroatoms. The monoisotopic (exact) mass is 352 g/mol. The van der Waals surface area contributed by atoms with Crippen LogP contribution in [0.1, 0.15) is 19.3 Å². The lowest BCUT2D eigenvalue weighted by Gasteiger charge is -2.38. The number of likely N-dealkylation sites (tertiary alicyclic amines) is 1. The molecule has 2 aromatic heterocycles. The van der Waals surface area contributed by atoms with E-state index in [9.17, 15) is 13.9 Å². The largest absolute Gasteiger partial charge is 0.493 e. The van der Waals surface area contributed by atoms with E-state index in [-0.39, 0.29) is 41.9 Å². The summed E-state index contributed by atoms with van der Waals surface area (Å²) >= 11 is 0. The summed E-state index contributed by atoms with van der Waals surface area (Å²) in [5.41, 5.74) is 0.294. The lowest BCUT2D eigenvalue weighted by atomic mass is 10.0. The highest BCUT2D eigenvalue weighted by Gasteiger charge is 2.49. The first-order chi connectivity index (χ1) is 12.0. The molecule has 1 aliphatic carbocycles. The Morgan fingerprint density at radius 1 is 1.24 bits per heavy atom. The van der Waals surface area contributed by atoms with Crippen molar-refractivity contribution in [3.63, 3.8) is 0 Å². The average Bonchev–Trinajstić information content (AvgIpc) is 3.41. The van der Waals surface area contributed by atoms with Crippen LogP contribution in [0.5, 0.6) is 17.5 Å². The van der Waals surface area contributed by atoms with Crippen LogP contribution < -0.4 is 9.47 Å². The number of methoxy groups -OCH3 is 1. The first kappa shape index (κ1) is 16.2. The first-order valence-electron chi connectivity index (χ1n) is 8.15. The lowest BCUT2D eigenvalue weighted by molar-refractivity contribution is -0.141. The van der Waals surface area contributed by atoms with Crippen molar-refractivity contribution in [3.8, 4) is 17.5 Å². The Hall–Kier alpha value is -2.29. The van der Waals surface area contributed by atoms with Gasteiger partial charge in [0.2, 0.25) is 5.88 Å². The fourth-order valence-corrected chi connectivity index (χ4v) is 3.23. The van der Waals surface area contributed by atoms with Crippen LogP contribution in [0.2, 0.25) is 0 Å². The van der Waals surface area contributed by atoms with Crippen LogP contribution in [0.15, 0.2) is 12.5 Å². The third-order valence-electron chi connectivity index (χ3n) is 4.66. The van der Waals surface area contributed by atoms with E-state index in [0.29, 0.717) is 12.1 Å². The van der Waals surface area contributed by atoms with Crippen LogP contribution >= 0.6 is 0 Å². The van der Waals surface area contributed by atoms with Gasteiger partial charge in [-0.05, 0) is 12.8 Å². The van der Waals surface area contributed by atoms with Crippen LogP contribution in [0.25, 0.3) is 10.9 Å². The van der Waals surface area contributed by atoms with Crippen LogP contribution in [-0.4, -0.2) is 63.2 Å². The summed E-state index contributed by atoms with van der Waals surface area (Å²) in [7, 11) is 1.36. The Bertz CT molecular complexity index is 800. The van der Waals surface area contributed by atoms with E-state index in [4.69, 9.17) is 9.47 Å². The first-order valence-corrected chi connectivity index (χ1v) is 8.15. The van der Waals surface area contributed by atoms with E-state index in [1.165, 1.54) is 19.6 Å². The topological polar surface area (TPSA) is 80.6 Å². The molecule has 25 heavy (non-hydrogen) atoms. The molecule has 134 valence electrons. The second kappa shape index (κ2) is 5.91. The van der Waals surface area contributed by atoms with Gasteiger partial charge in [0, 0.05) is 19.0 Å². The Morgan fingerprint density at radius 3 is 2.72 bits per heavy atom. The van der Waals surface area contributed by atoms with E-state index in [0.717, 1.165) is 12.8 Å². The SMILES string of the molecule is COc1ncc2ncnc(O)c2c1O[C@@H]1CCN(C2CC2)CC1(F)F. The summed E-state index contributed by atoms with van der Waals surface area (Å²) < 4.78 is 40.0. The number of halogens is 2. The number of ether oxygens (including phenoxy) is 2. The molecular formula is C16H18F2N4O3. The number of nitrogens with zero attached hydrogens (tertiary/aromatic N) is 4. The maximum absolute atomic E-state index is 14.6. The Kier molecular flexibility index (Phi) is 3.82. The normalized spacial score (nSPS) is 23.6. The molecule has 1 saturated heterocycles. The van der Waals surface area contributed by atoms with Crippen molar-refractivity contribution >= 4 is 10.9 Å². The number of piperidine rings is 1. The van der Waals surface area contributed by atoms with Crippen LogP contribution in [0, 0.1) is 0 Å². The molecule has 7 nitrogen and oxygen atoms in total. The van der Waals surface area contributed by atoms with Crippen LogP contribution in [-0.2, 0) is 0 Å². The number of rotatable bonds is 4. The highest BCUT2D eigenvalue weighted by atomic mass is 19.3. The number of pyridine rings is 1. The van der Waals surface area contributed by atoms with E-state index in [1.807, 2.05) is 4.90 Å². The number of alkyl halides is 2. The van der Waals surface area contributed by atoms with E-state index in [2.05, 4.69) is 15.0 Å². The summed E-state index contributed by atoms with van der Waals surface area (Å²) in [4.78, 5) is 13.5. The van der Waals surface area contributed by atoms with Crippen LogP contribution in [0.4, 0.5) is 8.78 Å². The number of fused-ring (bicyclic) bond motifs is 1. The molecule has 3 heterocycles. The number of hydrogen-bond acceptors (Lipinski definition) is 7. The number of aromatic nitrogens is 3. The summed E-state index contributed by atoms with van der Waals surface area (Å²) in [5, 5.41) is 10.2. The van der Waals surface area contributed by atoms with Gasteiger partial charge in [0.1, 0.15) is 11.7 Å². The minimum atomic E-state index is -3.01. The maximum Gasteiger partial charge on any atom is 0.296 e. The third-order valence-corrected chi connectivity index (χ3v) is 4.66. The molecule has 1 saturated carbocycles. The van der Waals surface area contributed by atoms with E-state index >= 15 is 0 Å². The van der Waals surface area contributed by atoms with Crippen molar-refractivity contribution in [2.45, 2.75) is 37.3 Å². The van der Waals surface area contributed by atoms with Crippen molar-refractivity contribution < 1.29 is 23.4 Å². The second-order valence-electron chi connectivity index (χ2n) is 6.41. The lowest BCUT2D eigenvalue weighted by Crippen LogP contribution is -2.54. The zero-order valence-corrected chi connectivity index (χ0v) is 13.7. The molecule has 2 fully saturated rings. The van der Waals surface area contributed by atoms with Gasteiger partial charge in [-0.15, -0.1) is 0 Å². The van der Waals surface area contributed by atoms with E-state index < -0.39 is 12.0 Å². The minimum Gasteiger partial charge on any atom is -0.493 e. The summed E-state index contributed by atoms with van der Waals surface area (Å²) in [5.74, 6) is -3.42. The van der Waals surface area contributed by atoms with Gasteiger partial charge in [-0.1, -0.05) is 0 Å². The smallest absolute Gasteiger partial charge is 0.296 e. The Labute approximate surface area is 142 Å². The number of hydrogen-bond donors (Lipinski definition) is 1. The standard InChI is InChI=1S/C16H18F2N4O3/c1-24-15-13(12-10(6-19-15)20-8-21-14(12)23)25-11-4-5-22(9-2-3-9)7-16(11,17)18/h6,8-9,11H,2-5,7H2,1H3,(H,20,21,23)/t11-/m1/s1. The molecule has 0 amide bonds. The van der Waals surface area contributed by atoms with Crippen molar-refractivity contribution in [3.05, 3.63) is 12.5 Å². The molecule has 2 aliphatic rings. The second-order valence-corrected chi connectivity index (χ2v) is 6.41. The van der Waals surface area contributed by atoms with Crippen LogP contribution in [0.3, 0.4) is 0 Å². The highest BCUT2D eigenvalue weighted by Crippen LogP contribution is 2.41. The maximum atomic E-state index is 14.6. The zero-order valence-electron chi connectivity index (χ0n) is 13.7. The minimum absolute atomic E-state index is 0.0121. The van der Waals surface area contributed by atoms with Crippen molar-refractivity contribution in [2.75, 3.05) is 20.2 Å². The van der Waals surface area contributed by atoms with Gasteiger partial charge in [-0.3, -0.25) is 4.90 Å². The molecule has 1 aliphatic heterocycles. The van der Waals surface area contributed by atoms with Gasteiger partial charge < -0.3 is 14.6 Å². The van der Waals surface area contributed by atoms with Gasteiger partial charge in [-0.2, -0.15) is 0 Å². The summed E-state index contributed by atoms with van der Waals surface area (Å²) in [6.07, 6.45) is 3.34. The fraction of sp³-hybridized carbons (Fsp3) is 0.562. The van der Waals surface area contributed by atoms with Gasteiger partial charge in [-0.25, -0.2) is 23.7 Å². The molecule has 0 aromatic carbocycles. The quantitative estimate of drug-likeness (QED) is 0.901. The van der Waals surface area contributed by atoms with Crippen molar-refractivity contribution in [2.24, 2.45) is 0 Å². The number of aromatic hydroxyl groups is 1. The summed E-state index contributed by atoms with van der Waals surface area (Å²) in [6, 6.07) is 0.276. The molecular weight excluding hydrogens is 334 g/mol. The molecule has 4 rings (SSSR count). The van der Waals surface area contributed by atoms with Gasteiger partial charge in [0.25, 0.3) is 11.8 Å². The van der Waals surface area contributed by atoms with Gasteiger partial charge in [0.15, 0.2) is 11.9 Å². The molecule has 0 bridgehead atoms. The third kappa shape index (κ3) is 2.92. The fourth-order valence-electron chi connectivity index (χ4n) is 3.23. The Balaban J connectivity index is 1.68. The van der Waals surface area contributed by atoms with Crippen molar-refractivity contribution in [1.29, 1.82) is 0 Å². The van der Waals surface area contributed by atoms with Gasteiger partial charge in [0.05, 0.1) is 25.4 Å². The average molecular weight is 352 g/mol. The molecule has 0 unspecified atom stereocenters. The molecule has 1 atom stereocenters. The van der Waals surface area contributed by atoms with E-state index in [1.54, 1.807) is 0 Å². The Morgan fingerprint density at radius 2 is 2.04 bits per heavy atom. The molecule has 1 N–H and O–H groups in total. The molecule has 2 aromatic rings. The van der Waals surface area contributed by atoms with Gasteiger partial charge >= 0.3 is 0 Å². The predicted molar refractivity (Wildman–Crippen MR) is 84.1 cm³/mol. The zero-order chi connectivity index (χ0) is 17.6. The summed E-state index contributed by atoms with van der Waals surface area (Å²) in [6.45, 7) is 0.221. The van der Waals surface area contributed by atoms with Crippen molar-refractivity contribution in [1.82, 2.24) is 19.9 Å².